The molecule has 6 nitrogen and oxygen atoms in total. The molecule has 0 aliphatic carbocycles. The van der Waals surface area contributed by atoms with E-state index in [4.69, 9.17) is 5.53 Å². The third kappa shape index (κ3) is 7.58. The van der Waals surface area contributed by atoms with Crippen molar-refractivity contribution in [1.29, 1.82) is 0 Å². The molecule has 0 radical (unpaired) electrons. The van der Waals surface area contributed by atoms with E-state index in [9.17, 15) is 8.42 Å². The normalized spacial score (nSPS) is 11.3. The summed E-state index contributed by atoms with van der Waals surface area (Å²) in [4.78, 5) is 2.51. The molecule has 0 amide bonds. The molecule has 0 saturated carbocycles. The molecule has 0 rings (SSSR count). The van der Waals surface area contributed by atoms with E-state index in [0.717, 1.165) is 0 Å². The molecule has 0 N–H and O–H groups in total. The first-order valence-electron chi connectivity index (χ1n) is 3.90. The van der Waals surface area contributed by atoms with E-state index in [1.54, 1.807) is 13.8 Å². The van der Waals surface area contributed by atoms with Gasteiger partial charge in [0.1, 0.15) is 0 Å². The second-order valence-electron chi connectivity index (χ2n) is 2.71. The molecule has 0 unspecified atom stereocenters. The molecule has 7 heteroatoms. The smallest absolute Gasteiger partial charge is 0.267 e. The summed E-state index contributed by atoms with van der Waals surface area (Å²) in [5.41, 5.74) is 7.92. The molecule has 13 heavy (non-hydrogen) atoms. The Morgan fingerprint density at radius 1 is 1.54 bits per heavy atom. The van der Waals surface area contributed by atoms with E-state index < -0.39 is 10.1 Å². The third-order valence-corrected chi connectivity index (χ3v) is 2.52. The molecule has 0 aromatic carbocycles. The van der Waals surface area contributed by atoms with E-state index in [2.05, 4.69) is 14.2 Å². The molecule has 0 atom stereocenters. The first-order chi connectivity index (χ1) is 5.98. The van der Waals surface area contributed by atoms with Gasteiger partial charge < -0.3 is 0 Å². The lowest BCUT2D eigenvalue weighted by molar-refractivity contribution is 0.249. The van der Waals surface area contributed by atoms with Gasteiger partial charge in [-0.05, 0) is 25.8 Å². The molecular weight excluding hydrogens is 194 g/mol. The van der Waals surface area contributed by atoms with Gasteiger partial charge in [0.05, 0.1) is 11.9 Å². The zero-order chi connectivity index (χ0) is 10.3. The van der Waals surface area contributed by atoms with E-state index in [1.807, 2.05) is 0 Å². The van der Waals surface area contributed by atoms with Crippen LogP contribution in [0.1, 0.15) is 20.3 Å². The fourth-order valence-electron chi connectivity index (χ4n) is 0.698. The predicted octanol–water partition coefficient (Wildman–Crippen LogP) is 1.44. The maximum absolute atomic E-state index is 11.0. The van der Waals surface area contributed by atoms with Crippen LogP contribution in [0.25, 0.3) is 10.4 Å². The summed E-state index contributed by atoms with van der Waals surface area (Å²) in [5.74, 6) is -0.107. The van der Waals surface area contributed by atoms with E-state index in [-0.39, 0.29) is 18.4 Å². The van der Waals surface area contributed by atoms with Crippen LogP contribution in [0.3, 0.4) is 0 Å². The predicted molar refractivity (Wildman–Crippen MR) is 48.6 cm³/mol. The standard InChI is InChI=1S/C6H13N3O3S/c1-6(2)12-13(10,11)5-3-4-8-9-7/h6H,3-5H2,1-2H3. The minimum absolute atomic E-state index is 0.107. The average molecular weight is 207 g/mol. The van der Waals surface area contributed by atoms with Crippen molar-refractivity contribution in [2.24, 2.45) is 5.11 Å². The van der Waals surface area contributed by atoms with Crippen molar-refractivity contribution in [2.45, 2.75) is 26.4 Å². The first-order valence-corrected chi connectivity index (χ1v) is 5.47. The van der Waals surface area contributed by atoms with Gasteiger partial charge in [-0.25, -0.2) is 0 Å². The molecule has 0 fully saturated rings. The van der Waals surface area contributed by atoms with E-state index in [1.165, 1.54) is 0 Å². The molecule has 0 aromatic heterocycles. The second kappa shape index (κ2) is 5.80. The van der Waals surface area contributed by atoms with Gasteiger partial charge in [-0.15, -0.1) is 0 Å². The highest BCUT2D eigenvalue weighted by molar-refractivity contribution is 7.86. The number of nitrogens with zero attached hydrogens (tertiary/aromatic N) is 3. The topological polar surface area (TPSA) is 92.1 Å². The van der Waals surface area contributed by atoms with Crippen molar-refractivity contribution in [1.82, 2.24) is 0 Å². The van der Waals surface area contributed by atoms with Crippen LogP contribution >= 0.6 is 0 Å². The zero-order valence-electron chi connectivity index (χ0n) is 7.67. The highest BCUT2D eigenvalue weighted by atomic mass is 32.2. The van der Waals surface area contributed by atoms with E-state index >= 15 is 0 Å². The number of rotatable bonds is 6. The fourth-order valence-corrected chi connectivity index (χ4v) is 1.86. The number of azide groups is 1. The Morgan fingerprint density at radius 3 is 2.62 bits per heavy atom. The number of hydrogen-bond donors (Lipinski definition) is 0. The van der Waals surface area contributed by atoms with Crippen molar-refractivity contribution in [3.8, 4) is 0 Å². The van der Waals surface area contributed by atoms with Gasteiger partial charge in [0.2, 0.25) is 0 Å². The summed E-state index contributed by atoms with van der Waals surface area (Å²) in [6.07, 6.45) is -0.0523. The third-order valence-electron chi connectivity index (χ3n) is 1.05. The van der Waals surface area contributed by atoms with Gasteiger partial charge in [0, 0.05) is 11.5 Å². The Labute approximate surface area is 77.6 Å². The Bertz CT molecular complexity index is 279. The van der Waals surface area contributed by atoms with Crippen molar-refractivity contribution in [3.63, 3.8) is 0 Å². The molecule has 0 aliphatic rings. The van der Waals surface area contributed by atoms with Gasteiger partial charge in [-0.3, -0.25) is 4.18 Å². The Balaban J connectivity index is 3.83. The van der Waals surface area contributed by atoms with Gasteiger partial charge in [0.25, 0.3) is 10.1 Å². The van der Waals surface area contributed by atoms with E-state index in [0.29, 0.717) is 6.42 Å². The first kappa shape index (κ1) is 12.2. The molecule has 0 heterocycles. The Morgan fingerprint density at radius 2 is 2.15 bits per heavy atom. The molecule has 0 aromatic rings. The molecule has 0 aliphatic heterocycles. The quantitative estimate of drug-likeness (QED) is 0.217. The highest BCUT2D eigenvalue weighted by Crippen LogP contribution is 2.01. The van der Waals surface area contributed by atoms with Crippen LogP contribution < -0.4 is 0 Å². The SMILES string of the molecule is CC(C)OS(=O)(=O)CCCN=[N+]=[N-]. The summed E-state index contributed by atoms with van der Waals surface area (Å²) < 4.78 is 26.7. The van der Waals surface area contributed by atoms with Crippen LogP contribution in [0, 0.1) is 0 Å². The average Bonchev–Trinajstić information content (AvgIpc) is 1.95. The van der Waals surface area contributed by atoms with Crippen LogP contribution in [0.5, 0.6) is 0 Å². The number of hydrogen-bond acceptors (Lipinski definition) is 4. The van der Waals surface area contributed by atoms with Crippen molar-refractivity contribution in [3.05, 3.63) is 10.4 Å². The molecular formula is C6H13N3O3S. The van der Waals surface area contributed by atoms with Crippen molar-refractivity contribution in [2.75, 3.05) is 12.3 Å². The Hall–Kier alpha value is -0.780. The van der Waals surface area contributed by atoms with Gasteiger partial charge in [-0.1, -0.05) is 5.11 Å². The van der Waals surface area contributed by atoms with Crippen molar-refractivity contribution < 1.29 is 12.6 Å². The minimum atomic E-state index is -3.44. The maximum atomic E-state index is 11.0. The van der Waals surface area contributed by atoms with Crippen LogP contribution in [-0.4, -0.2) is 26.8 Å². The Kier molecular flexibility index (Phi) is 5.45. The van der Waals surface area contributed by atoms with Crippen LogP contribution in [0.2, 0.25) is 0 Å². The van der Waals surface area contributed by atoms with Crippen LogP contribution in [-0.2, 0) is 14.3 Å². The van der Waals surface area contributed by atoms with Gasteiger partial charge >= 0.3 is 0 Å². The zero-order valence-corrected chi connectivity index (χ0v) is 8.49. The van der Waals surface area contributed by atoms with Gasteiger partial charge in [0.15, 0.2) is 0 Å². The van der Waals surface area contributed by atoms with Crippen LogP contribution in [0.15, 0.2) is 5.11 Å². The minimum Gasteiger partial charge on any atom is -0.267 e. The summed E-state index contributed by atoms with van der Waals surface area (Å²) >= 11 is 0. The largest absolute Gasteiger partial charge is 0.267 e. The highest BCUT2D eigenvalue weighted by Gasteiger charge is 2.12. The summed E-state index contributed by atoms with van der Waals surface area (Å²) in [5, 5.41) is 3.21. The summed E-state index contributed by atoms with van der Waals surface area (Å²) in [7, 11) is -3.44. The summed E-state index contributed by atoms with van der Waals surface area (Å²) in [6.45, 7) is 3.47. The maximum Gasteiger partial charge on any atom is 0.267 e. The summed E-state index contributed by atoms with van der Waals surface area (Å²) in [6, 6.07) is 0. The lowest BCUT2D eigenvalue weighted by atomic mass is 10.5. The lowest BCUT2D eigenvalue weighted by Gasteiger charge is -2.06. The van der Waals surface area contributed by atoms with Crippen molar-refractivity contribution >= 4 is 10.1 Å². The molecule has 0 saturated heterocycles. The lowest BCUT2D eigenvalue weighted by Crippen LogP contribution is -2.16. The van der Waals surface area contributed by atoms with Crippen LogP contribution in [0.4, 0.5) is 0 Å². The monoisotopic (exact) mass is 207 g/mol. The molecule has 0 bridgehead atoms. The van der Waals surface area contributed by atoms with Gasteiger partial charge in [-0.2, -0.15) is 8.42 Å². The fraction of sp³-hybridized carbons (Fsp3) is 1.00. The molecule has 0 spiro atoms. The molecule has 76 valence electrons. The second-order valence-corrected chi connectivity index (χ2v) is 4.43.